The van der Waals surface area contributed by atoms with Gasteiger partial charge >= 0.3 is 0 Å². The van der Waals surface area contributed by atoms with Crippen molar-refractivity contribution in [2.24, 2.45) is 0 Å². The van der Waals surface area contributed by atoms with E-state index in [1.54, 1.807) is 11.3 Å². The first kappa shape index (κ1) is 17.6. The third kappa shape index (κ3) is 3.42. The van der Waals surface area contributed by atoms with Crippen molar-refractivity contribution in [2.45, 2.75) is 41.0 Å². The number of thiazole rings is 1. The quantitative estimate of drug-likeness (QED) is 0.568. The molecule has 0 saturated heterocycles. The second-order valence-electron chi connectivity index (χ2n) is 6.84. The highest BCUT2D eigenvalue weighted by molar-refractivity contribution is 7.17. The van der Waals surface area contributed by atoms with Crippen molar-refractivity contribution in [1.29, 1.82) is 0 Å². The maximum atomic E-state index is 4.63. The Balaban J connectivity index is 1.70. The maximum Gasteiger partial charge on any atom is 0.249 e. The first-order chi connectivity index (χ1) is 12.9. The van der Waals surface area contributed by atoms with Gasteiger partial charge in [-0.25, -0.2) is 14.5 Å². The number of nitrogens with one attached hydrogen (secondary N) is 1. The van der Waals surface area contributed by atoms with Crippen LogP contribution >= 0.6 is 11.3 Å². The first-order valence-electron chi connectivity index (χ1n) is 8.90. The summed E-state index contributed by atoms with van der Waals surface area (Å²) in [5, 5.41) is 7.91. The van der Waals surface area contributed by atoms with Gasteiger partial charge in [0.15, 0.2) is 0 Å². The summed E-state index contributed by atoms with van der Waals surface area (Å²) in [6.45, 7) is 10.2. The van der Waals surface area contributed by atoms with Gasteiger partial charge in [-0.3, -0.25) is 0 Å². The molecule has 0 fully saturated rings. The van der Waals surface area contributed by atoms with E-state index in [2.05, 4.69) is 70.4 Å². The van der Waals surface area contributed by atoms with Gasteiger partial charge in [0.05, 0.1) is 5.69 Å². The van der Waals surface area contributed by atoms with Crippen LogP contribution in [0.25, 0.3) is 4.96 Å². The van der Waals surface area contributed by atoms with Crippen LogP contribution < -0.4 is 5.32 Å². The summed E-state index contributed by atoms with van der Waals surface area (Å²) in [5.41, 5.74) is 5.63. The van der Waals surface area contributed by atoms with Crippen molar-refractivity contribution in [3.05, 3.63) is 63.0 Å². The van der Waals surface area contributed by atoms with Crippen molar-refractivity contribution in [3.63, 3.8) is 0 Å². The van der Waals surface area contributed by atoms with Crippen LogP contribution in [-0.2, 0) is 6.42 Å². The number of rotatable bonds is 4. The normalized spacial score (nSPS) is 11.3. The molecule has 7 heteroatoms. The summed E-state index contributed by atoms with van der Waals surface area (Å²) >= 11 is 1.64. The maximum absolute atomic E-state index is 4.63. The molecule has 3 heterocycles. The largest absolute Gasteiger partial charge is 0.307 e. The fraction of sp³-hybridized carbons (Fsp3) is 0.300. The Morgan fingerprint density at radius 3 is 2.41 bits per heavy atom. The minimum absolute atomic E-state index is 0.562. The predicted molar refractivity (Wildman–Crippen MR) is 109 cm³/mol. The highest BCUT2D eigenvalue weighted by atomic mass is 32.1. The van der Waals surface area contributed by atoms with Crippen molar-refractivity contribution < 1.29 is 0 Å². The van der Waals surface area contributed by atoms with E-state index < -0.39 is 0 Å². The van der Waals surface area contributed by atoms with E-state index in [4.69, 9.17) is 0 Å². The molecule has 1 N–H and O–H groups in total. The van der Waals surface area contributed by atoms with Gasteiger partial charge in [0.2, 0.25) is 10.9 Å². The van der Waals surface area contributed by atoms with Gasteiger partial charge in [0, 0.05) is 22.6 Å². The van der Waals surface area contributed by atoms with Gasteiger partial charge in [0.25, 0.3) is 0 Å². The summed E-state index contributed by atoms with van der Waals surface area (Å²) in [6.07, 6.45) is 0.759. The summed E-state index contributed by atoms with van der Waals surface area (Å²) < 4.78 is 1.88. The van der Waals surface area contributed by atoms with Crippen LogP contribution in [0.5, 0.6) is 0 Å². The number of aromatic nitrogens is 5. The van der Waals surface area contributed by atoms with E-state index in [1.807, 2.05) is 18.4 Å². The molecule has 138 valence electrons. The molecule has 0 spiro atoms. The Hall–Kier alpha value is -2.80. The second kappa shape index (κ2) is 6.74. The number of hydrogen-bond acceptors (Lipinski definition) is 6. The molecule has 0 aliphatic carbocycles. The van der Waals surface area contributed by atoms with Crippen molar-refractivity contribution in [2.75, 3.05) is 5.32 Å². The smallest absolute Gasteiger partial charge is 0.249 e. The molecule has 4 rings (SSSR count). The van der Waals surface area contributed by atoms with Crippen molar-refractivity contribution in [3.8, 4) is 0 Å². The van der Waals surface area contributed by atoms with Crippen LogP contribution in [0.2, 0.25) is 0 Å². The van der Waals surface area contributed by atoms with E-state index in [0.29, 0.717) is 5.95 Å². The Bertz CT molecular complexity index is 1120. The highest BCUT2D eigenvalue weighted by Gasteiger charge is 2.15. The summed E-state index contributed by atoms with van der Waals surface area (Å²) in [4.78, 5) is 15.9. The minimum atomic E-state index is 0.562. The van der Waals surface area contributed by atoms with Crippen LogP contribution in [0, 0.1) is 34.6 Å². The Morgan fingerprint density at radius 1 is 0.963 bits per heavy atom. The minimum Gasteiger partial charge on any atom is -0.307 e. The number of benzene rings is 1. The van der Waals surface area contributed by atoms with Crippen molar-refractivity contribution >= 4 is 28.1 Å². The van der Waals surface area contributed by atoms with Gasteiger partial charge in [-0.1, -0.05) is 41.2 Å². The van der Waals surface area contributed by atoms with Gasteiger partial charge in [-0.15, -0.1) is 5.10 Å². The van der Waals surface area contributed by atoms with Crippen LogP contribution in [0.15, 0.2) is 24.3 Å². The molecule has 3 aromatic heterocycles. The molecule has 1 aromatic carbocycles. The van der Waals surface area contributed by atoms with E-state index in [1.165, 1.54) is 16.0 Å². The lowest BCUT2D eigenvalue weighted by Gasteiger charge is -2.12. The molecule has 0 aliphatic rings. The van der Waals surface area contributed by atoms with Gasteiger partial charge in [-0.05, 0) is 40.2 Å². The molecular weight excluding hydrogens is 356 g/mol. The first-order valence-corrected chi connectivity index (χ1v) is 9.72. The zero-order valence-electron chi connectivity index (χ0n) is 16.2. The molecule has 0 amide bonds. The molecule has 0 aliphatic heterocycles. The molecule has 6 nitrogen and oxygen atoms in total. The van der Waals surface area contributed by atoms with E-state index in [-0.39, 0.29) is 0 Å². The Labute approximate surface area is 162 Å². The molecule has 4 aromatic rings. The fourth-order valence-electron chi connectivity index (χ4n) is 3.06. The van der Waals surface area contributed by atoms with Gasteiger partial charge < -0.3 is 5.32 Å². The Morgan fingerprint density at radius 2 is 1.70 bits per heavy atom. The lowest BCUT2D eigenvalue weighted by molar-refractivity contribution is 0.921. The molecule has 0 unspecified atom stereocenters. The van der Waals surface area contributed by atoms with E-state index >= 15 is 0 Å². The molecular formula is C20H22N6S. The zero-order chi connectivity index (χ0) is 19.1. The summed E-state index contributed by atoms with van der Waals surface area (Å²) in [5.74, 6) is 2.07. The predicted octanol–water partition coefficient (Wildman–Crippen LogP) is 4.46. The van der Waals surface area contributed by atoms with Gasteiger partial charge in [0.1, 0.15) is 11.6 Å². The number of nitrogens with zero attached hydrogens (tertiary/aromatic N) is 5. The average Bonchev–Trinajstić information content (AvgIpc) is 3.11. The fourth-order valence-corrected chi connectivity index (χ4v) is 3.97. The lowest BCUT2D eigenvalue weighted by Crippen LogP contribution is -2.07. The lowest BCUT2D eigenvalue weighted by atomic mass is 10.0. The monoisotopic (exact) mass is 378 g/mol. The number of hydrogen-bond donors (Lipinski definition) is 1. The standard InChI is InChI=1S/C20H22N6S/c1-11-6-8-16(9-7-11)10-17-12(2)21-15(5)22-18(17)23-19-24-20-26(25-19)13(3)14(4)27-20/h6-9H,10H2,1-5H3,(H,21,22,23,25). The van der Waals surface area contributed by atoms with Crippen molar-refractivity contribution in [1.82, 2.24) is 24.6 Å². The second-order valence-corrected chi connectivity index (χ2v) is 8.03. The van der Waals surface area contributed by atoms with Crippen LogP contribution in [0.3, 0.4) is 0 Å². The molecule has 27 heavy (non-hydrogen) atoms. The SMILES string of the molecule is Cc1ccc(Cc2c(C)nc(C)nc2Nc2nc3sc(C)c(C)n3n2)cc1. The average molecular weight is 379 g/mol. The topological polar surface area (TPSA) is 68.0 Å². The number of fused-ring (bicyclic) bond motifs is 1. The van der Waals surface area contributed by atoms with Crippen LogP contribution in [0.4, 0.5) is 11.8 Å². The summed E-state index contributed by atoms with van der Waals surface area (Å²) in [6, 6.07) is 8.55. The van der Waals surface area contributed by atoms with E-state index in [0.717, 1.165) is 40.0 Å². The zero-order valence-corrected chi connectivity index (χ0v) is 17.0. The third-order valence-electron chi connectivity index (χ3n) is 4.71. The highest BCUT2D eigenvalue weighted by Crippen LogP contribution is 2.25. The van der Waals surface area contributed by atoms with E-state index in [9.17, 15) is 0 Å². The third-order valence-corrected chi connectivity index (χ3v) is 5.75. The molecule has 0 bridgehead atoms. The molecule has 0 atom stereocenters. The Kier molecular flexibility index (Phi) is 4.39. The van der Waals surface area contributed by atoms with Crippen LogP contribution in [-0.4, -0.2) is 24.6 Å². The number of anilines is 2. The summed E-state index contributed by atoms with van der Waals surface area (Å²) in [7, 11) is 0. The van der Waals surface area contributed by atoms with Gasteiger partial charge in [-0.2, -0.15) is 4.98 Å². The molecule has 0 radical (unpaired) electrons. The number of aryl methyl sites for hydroxylation is 5. The molecule has 0 saturated carbocycles. The van der Waals surface area contributed by atoms with Crippen LogP contribution in [0.1, 0.15) is 38.8 Å².